The van der Waals surface area contributed by atoms with Gasteiger partial charge in [0, 0.05) is 23.5 Å². The van der Waals surface area contributed by atoms with E-state index in [9.17, 15) is 9.59 Å². The van der Waals surface area contributed by atoms with Gasteiger partial charge in [0.05, 0.1) is 6.04 Å². The van der Waals surface area contributed by atoms with Gasteiger partial charge in [-0.2, -0.15) is 0 Å². The van der Waals surface area contributed by atoms with Gasteiger partial charge in [-0.3, -0.25) is 4.79 Å². The number of nitrogens with two attached hydrogens (primary N) is 1. The van der Waals surface area contributed by atoms with Crippen LogP contribution in [0.2, 0.25) is 0 Å². The number of fused-ring (bicyclic) bond motifs is 1. The smallest absolute Gasteiger partial charge is 0.329 e. The number of H-pyrrole nitrogens is 1. The third kappa shape index (κ3) is 4.74. The van der Waals surface area contributed by atoms with Crippen LogP contribution < -0.4 is 11.1 Å². The largest absolute Gasteiger partial charge is 0.459 e. The normalized spacial score (nSPS) is 13.1. The number of rotatable bonds is 7. The molecule has 0 aliphatic heterocycles. The molecule has 0 aliphatic rings. The van der Waals surface area contributed by atoms with Crippen molar-refractivity contribution < 1.29 is 14.3 Å². The first-order valence-electron chi connectivity index (χ1n) is 8.86. The molecule has 0 aliphatic carbocycles. The van der Waals surface area contributed by atoms with Gasteiger partial charge in [-0.25, -0.2) is 4.79 Å². The summed E-state index contributed by atoms with van der Waals surface area (Å²) in [6.45, 7) is 1.73. The molecule has 140 valence electrons. The molecule has 27 heavy (non-hydrogen) atoms. The van der Waals surface area contributed by atoms with E-state index in [0.717, 1.165) is 22.0 Å². The highest BCUT2D eigenvalue weighted by molar-refractivity contribution is 5.88. The third-order valence-corrected chi connectivity index (χ3v) is 4.34. The van der Waals surface area contributed by atoms with Gasteiger partial charge in [0.2, 0.25) is 5.91 Å². The number of esters is 1. The predicted octanol–water partition coefficient (Wildman–Crippen LogP) is 2.29. The zero-order valence-corrected chi connectivity index (χ0v) is 15.1. The highest BCUT2D eigenvalue weighted by Crippen LogP contribution is 2.19. The summed E-state index contributed by atoms with van der Waals surface area (Å²) in [4.78, 5) is 27.9. The second-order valence-electron chi connectivity index (χ2n) is 6.51. The quantitative estimate of drug-likeness (QED) is 0.560. The van der Waals surface area contributed by atoms with Gasteiger partial charge in [-0.15, -0.1) is 0 Å². The van der Waals surface area contributed by atoms with Crippen molar-refractivity contribution in [3.05, 3.63) is 71.9 Å². The highest BCUT2D eigenvalue weighted by atomic mass is 16.5. The van der Waals surface area contributed by atoms with Crippen molar-refractivity contribution in [2.24, 2.45) is 5.73 Å². The fourth-order valence-electron chi connectivity index (χ4n) is 2.85. The molecule has 3 rings (SSSR count). The molecule has 0 radical (unpaired) electrons. The van der Waals surface area contributed by atoms with E-state index in [1.165, 1.54) is 0 Å². The van der Waals surface area contributed by atoms with Crippen LogP contribution in [0.1, 0.15) is 18.1 Å². The molecule has 3 aromatic rings. The average molecular weight is 365 g/mol. The van der Waals surface area contributed by atoms with E-state index in [2.05, 4.69) is 10.3 Å². The Hall–Kier alpha value is -3.12. The number of hydrogen-bond donors (Lipinski definition) is 3. The number of aromatic nitrogens is 1. The minimum Gasteiger partial charge on any atom is -0.459 e. The number of para-hydroxylation sites is 1. The van der Waals surface area contributed by atoms with Crippen LogP contribution in [0.4, 0.5) is 0 Å². The molecule has 1 heterocycles. The van der Waals surface area contributed by atoms with Crippen LogP contribution >= 0.6 is 0 Å². The van der Waals surface area contributed by atoms with Gasteiger partial charge in [0.25, 0.3) is 0 Å². The SMILES string of the molecule is CC(N)C(=O)NC(Cc1c[nH]c2ccccc12)C(=O)OCc1ccccc1. The Balaban J connectivity index is 1.75. The Morgan fingerprint density at radius 1 is 1.11 bits per heavy atom. The Morgan fingerprint density at radius 2 is 1.81 bits per heavy atom. The number of aromatic amines is 1. The maximum absolute atomic E-state index is 12.6. The lowest BCUT2D eigenvalue weighted by molar-refractivity contribution is -0.149. The molecule has 2 aromatic carbocycles. The van der Waals surface area contributed by atoms with E-state index in [1.54, 1.807) is 6.92 Å². The molecular weight excluding hydrogens is 342 g/mol. The van der Waals surface area contributed by atoms with Crippen LogP contribution in [0.3, 0.4) is 0 Å². The molecular formula is C21H23N3O3. The molecule has 0 bridgehead atoms. The van der Waals surface area contributed by atoms with Gasteiger partial charge in [-0.1, -0.05) is 48.5 Å². The van der Waals surface area contributed by atoms with E-state index in [-0.39, 0.29) is 6.61 Å². The van der Waals surface area contributed by atoms with Crippen molar-refractivity contribution in [2.75, 3.05) is 0 Å². The summed E-state index contributed by atoms with van der Waals surface area (Å²) in [6, 6.07) is 15.7. The standard InChI is InChI=1S/C21H23N3O3/c1-14(22)20(25)24-19(21(26)27-13-15-7-3-2-4-8-15)11-16-12-23-18-10-6-5-9-17(16)18/h2-10,12,14,19,23H,11,13,22H2,1H3,(H,24,25). The van der Waals surface area contributed by atoms with Crippen LogP contribution in [0.15, 0.2) is 60.8 Å². The van der Waals surface area contributed by atoms with Crippen LogP contribution in [0.5, 0.6) is 0 Å². The second-order valence-corrected chi connectivity index (χ2v) is 6.51. The lowest BCUT2D eigenvalue weighted by atomic mass is 10.0. The average Bonchev–Trinajstić information content (AvgIpc) is 3.09. The summed E-state index contributed by atoms with van der Waals surface area (Å²) in [5, 5.41) is 3.71. The summed E-state index contributed by atoms with van der Waals surface area (Å²) >= 11 is 0. The summed E-state index contributed by atoms with van der Waals surface area (Å²) in [7, 11) is 0. The van der Waals surface area contributed by atoms with E-state index >= 15 is 0 Å². The predicted molar refractivity (Wildman–Crippen MR) is 104 cm³/mol. The van der Waals surface area contributed by atoms with Crippen LogP contribution in [0.25, 0.3) is 10.9 Å². The van der Waals surface area contributed by atoms with E-state index in [0.29, 0.717) is 6.42 Å². The molecule has 0 saturated carbocycles. The first-order chi connectivity index (χ1) is 13.0. The maximum Gasteiger partial charge on any atom is 0.329 e. The molecule has 1 aromatic heterocycles. The van der Waals surface area contributed by atoms with Crippen molar-refractivity contribution in [3.8, 4) is 0 Å². The van der Waals surface area contributed by atoms with Crippen molar-refractivity contribution in [1.29, 1.82) is 0 Å². The minimum atomic E-state index is -0.814. The van der Waals surface area contributed by atoms with E-state index < -0.39 is 24.0 Å². The van der Waals surface area contributed by atoms with Crippen molar-refractivity contribution >= 4 is 22.8 Å². The topological polar surface area (TPSA) is 97.2 Å². The summed E-state index contributed by atoms with van der Waals surface area (Å²) < 4.78 is 5.43. The number of hydrogen-bond acceptors (Lipinski definition) is 4. The Bertz CT molecular complexity index is 919. The molecule has 2 atom stereocenters. The number of amides is 1. The molecule has 6 nitrogen and oxygen atoms in total. The zero-order valence-electron chi connectivity index (χ0n) is 15.1. The van der Waals surface area contributed by atoms with Gasteiger partial charge in [0.15, 0.2) is 0 Å². The molecule has 2 unspecified atom stereocenters. The molecule has 4 N–H and O–H groups in total. The van der Waals surface area contributed by atoms with Gasteiger partial charge in [0.1, 0.15) is 12.6 Å². The Morgan fingerprint density at radius 3 is 2.56 bits per heavy atom. The van der Waals surface area contributed by atoms with E-state index in [1.807, 2.05) is 60.8 Å². The van der Waals surface area contributed by atoms with Crippen LogP contribution in [0, 0.1) is 0 Å². The minimum absolute atomic E-state index is 0.151. The lowest BCUT2D eigenvalue weighted by Crippen LogP contribution is -2.48. The van der Waals surface area contributed by atoms with Gasteiger partial charge >= 0.3 is 5.97 Å². The van der Waals surface area contributed by atoms with E-state index in [4.69, 9.17) is 10.5 Å². The first kappa shape index (κ1) is 18.7. The fourth-order valence-corrected chi connectivity index (χ4v) is 2.85. The monoisotopic (exact) mass is 365 g/mol. The van der Waals surface area contributed by atoms with Gasteiger partial charge < -0.3 is 20.8 Å². The number of carbonyl (C=O) groups excluding carboxylic acids is 2. The molecule has 0 fully saturated rings. The Kier molecular flexibility index (Phi) is 5.88. The number of ether oxygens (including phenoxy) is 1. The van der Waals surface area contributed by atoms with Gasteiger partial charge in [-0.05, 0) is 24.1 Å². The maximum atomic E-state index is 12.6. The zero-order chi connectivity index (χ0) is 19.2. The summed E-state index contributed by atoms with van der Waals surface area (Å²) in [6.07, 6.45) is 2.16. The Labute approximate surface area is 157 Å². The fraction of sp³-hybridized carbons (Fsp3) is 0.238. The van der Waals surface area contributed by atoms with Crippen molar-refractivity contribution in [1.82, 2.24) is 10.3 Å². The first-order valence-corrected chi connectivity index (χ1v) is 8.86. The molecule has 0 saturated heterocycles. The molecule has 0 spiro atoms. The van der Waals surface area contributed by atoms with Crippen molar-refractivity contribution in [2.45, 2.75) is 32.0 Å². The number of carbonyl (C=O) groups is 2. The van der Waals surface area contributed by atoms with Crippen LogP contribution in [-0.2, 0) is 27.4 Å². The molecule has 6 heteroatoms. The van der Waals surface area contributed by atoms with Crippen LogP contribution in [-0.4, -0.2) is 28.9 Å². The number of nitrogens with one attached hydrogen (secondary N) is 2. The second kappa shape index (κ2) is 8.51. The van der Waals surface area contributed by atoms with Crippen molar-refractivity contribution in [3.63, 3.8) is 0 Å². The third-order valence-electron chi connectivity index (χ3n) is 4.34. The lowest BCUT2D eigenvalue weighted by Gasteiger charge is -2.19. The highest BCUT2D eigenvalue weighted by Gasteiger charge is 2.25. The summed E-state index contributed by atoms with van der Waals surface area (Å²) in [5.74, 6) is -0.880. The summed E-state index contributed by atoms with van der Waals surface area (Å²) in [5.41, 5.74) is 8.43. The molecule has 1 amide bonds. The number of benzene rings is 2.